The Morgan fingerprint density at radius 3 is 2.81 bits per heavy atom. The molecule has 1 aliphatic rings. The van der Waals surface area contributed by atoms with Gasteiger partial charge in [0.25, 0.3) is 0 Å². The largest absolute Gasteiger partial charge is 0.444 e. The number of anilines is 1. The zero-order valence-corrected chi connectivity index (χ0v) is 17.0. The lowest BCUT2D eigenvalue weighted by molar-refractivity contribution is 0.0232. The first-order chi connectivity index (χ1) is 12.8. The fourth-order valence-corrected chi connectivity index (χ4v) is 3.85. The number of aromatic nitrogens is 3. The van der Waals surface area contributed by atoms with Gasteiger partial charge >= 0.3 is 6.09 Å². The van der Waals surface area contributed by atoms with Crippen LogP contribution in [0.5, 0.6) is 0 Å². The van der Waals surface area contributed by atoms with E-state index in [1.165, 1.54) is 0 Å². The van der Waals surface area contributed by atoms with Gasteiger partial charge in [0.05, 0.1) is 5.39 Å². The van der Waals surface area contributed by atoms with Crippen molar-refractivity contribution >= 4 is 22.9 Å². The first-order valence-corrected chi connectivity index (χ1v) is 9.77. The topological polar surface area (TPSA) is 74.4 Å². The average molecular weight is 374 g/mol. The van der Waals surface area contributed by atoms with Gasteiger partial charge in [-0.05, 0) is 58.9 Å². The predicted octanol–water partition coefficient (Wildman–Crippen LogP) is 3.82. The zero-order chi connectivity index (χ0) is 19.6. The molecule has 1 fully saturated rings. The number of nitrogens with one attached hydrogen (secondary N) is 1. The van der Waals surface area contributed by atoms with Crippen LogP contribution in [0.15, 0.2) is 18.6 Å². The zero-order valence-electron chi connectivity index (χ0n) is 17.0. The minimum absolute atomic E-state index is 0.216. The summed E-state index contributed by atoms with van der Waals surface area (Å²) in [6.45, 7) is 9.14. The molecular formula is C20H31N5O2. The lowest BCUT2D eigenvalue weighted by Gasteiger charge is -2.29. The summed E-state index contributed by atoms with van der Waals surface area (Å²) in [5.74, 6) is 1.44. The van der Waals surface area contributed by atoms with Gasteiger partial charge in [-0.1, -0.05) is 0 Å². The minimum Gasteiger partial charge on any atom is -0.444 e. The standard InChI is InChI=1S/C20H31N5O2/c1-6-25(19(26)27-20(2,3)4)12-14-7-8-15(11-14)24(5)18-16-9-10-21-17(16)22-13-23-18/h9-10,13-15H,6-8,11-12H2,1-5H3,(H,21,22,23)/t14-,15?/m0/s1. The summed E-state index contributed by atoms with van der Waals surface area (Å²) in [6.07, 6.45) is 6.54. The van der Waals surface area contributed by atoms with Crippen LogP contribution in [0.25, 0.3) is 11.0 Å². The van der Waals surface area contributed by atoms with Crippen molar-refractivity contribution < 1.29 is 9.53 Å². The molecule has 1 N–H and O–H groups in total. The van der Waals surface area contributed by atoms with Crippen LogP contribution in [0.3, 0.4) is 0 Å². The van der Waals surface area contributed by atoms with E-state index < -0.39 is 5.60 Å². The molecule has 2 aromatic heterocycles. The lowest BCUT2D eigenvalue weighted by Crippen LogP contribution is -2.39. The Balaban J connectivity index is 1.62. The van der Waals surface area contributed by atoms with Gasteiger partial charge in [-0.2, -0.15) is 0 Å². The summed E-state index contributed by atoms with van der Waals surface area (Å²) in [5.41, 5.74) is 0.404. The quantitative estimate of drug-likeness (QED) is 0.862. The van der Waals surface area contributed by atoms with Gasteiger partial charge < -0.3 is 19.5 Å². The number of ether oxygens (including phenoxy) is 1. The van der Waals surface area contributed by atoms with Gasteiger partial charge in [0.1, 0.15) is 23.4 Å². The van der Waals surface area contributed by atoms with Crippen LogP contribution in [0.4, 0.5) is 10.6 Å². The number of nitrogens with zero attached hydrogens (tertiary/aromatic N) is 4. The van der Waals surface area contributed by atoms with E-state index in [0.717, 1.165) is 42.7 Å². The highest BCUT2D eigenvalue weighted by Crippen LogP contribution is 2.33. The van der Waals surface area contributed by atoms with Gasteiger partial charge in [-0.3, -0.25) is 0 Å². The third-order valence-corrected chi connectivity index (χ3v) is 5.24. The van der Waals surface area contributed by atoms with Crippen LogP contribution in [0, 0.1) is 5.92 Å². The van der Waals surface area contributed by atoms with E-state index in [-0.39, 0.29) is 6.09 Å². The second-order valence-electron chi connectivity index (χ2n) is 8.40. The van der Waals surface area contributed by atoms with E-state index in [2.05, 4.69) is 26.9 Å². The van der Waals surface area contributed by atoms with Crippen LogP contribution >= 0.6 is 0 Å². The van der Waals surface area contributed by atoms with Crippen molar-refractivity contribution in [1.82, 2.24) is 19.9 Å². The number of carbonyl (C=O) groups is 1. The number of aromatic amines is 1. The van der Waals surface area contributed by atoms with Crippen LogP contribution in [0.2, 0.25) is 0 Å². The Morgan fingerprint density at radius 1 is 1.33 bits per heavy atom. The molecule has 27 heavy (non-hydrogen) atoms. The maximum Gasteiger partial charge on any atom is 0.410 e. The third kappa shape index (κ3) is 4.51. The molecule has 7 nitrogen and oxygen atoms in total. The number of carbonyl (C=O) groups excluding carboxylic acids is 1. The van der Waals surface area contributed by atoms with Crippen molar-refractivity contribution in [3.8, 4) is 0 Å². The van der Waals surface area contributed by atoms with Crippen molar-refractivity contribution in [1.29, 1.82) is 0 Å². The molecule has 0 spiro atoms. The van der Waals surface area contributed by atoms with Crippen molar-refractivity contribution in [2.45, 2.75) is 58.6 Å². The Labute approximate surface area is 161 Å². The first-order valence-electron chi connectivity index (χ1n) is 9.77. The molecule has 1 unspecified atom stereocenters. The highest BCUT2D eigenvalue weighted by Gasteiger charge is 2.32. The van der Waals surface area contributed by atoms with Gasteiger partial charge in [-0.15, -0.1) is 0 Å². The molecule has 3 rings (SSSR count). The average Bonchev–Trinajstić information content (AvgIpc) is 3.26. The summed E-state index contributed by atoms with van der Waals surface area (Å²) >= 11 is 0. The third-order valence-electron chi connectivity index (χ3n) is 5.24. The number of hydrogen-bond acceptors (Lipinski definition) is 5. The summed E-state index contributed by atoms with van der Waals surface area (Å²) in [6, 6.07) is 2.44. The van der Waals surface area contributed by atoms with Crippen molar-refractivity contribution in [2.75, 3.05) is 25.0 Å². The number of fused-ring (bicyclic) bond motifs is 1. The second-order valence-corrected chi connectivity index (χ2v) is 8.40. The second kappa shape index (κ2) is 7.74. The molecule has 0 aromatic carbocycles. The van der Waals surface area contributed by atoms with Crippen LogP contribution in [0.1, 0.15) is 47.0 Å². The molecule has 1 aliphatic carbocycles. The van der Waals surface area contributed by atoms with Gasteiger partial charge in [0.2, 0.25) is 0 Å². The van der Waals surface area contributed by atoms with Crippen molar-refractivity contribution in [3.63, 3.8) is 0 Å². The van der Waals surface area contributed by atoms with Gasteiger partial charge in [0.15, 0.2) is 0 Å². The fourth-order valence-electron chi connectivity index (χ4n) is 3.85. The highest BCUT2D eigenvalue weighted by atomic mass is 16.6. The maximum absolute atomic E-state index is 12.4. The Bertz CT molecular complexity index is 782. The fraction of sp³-hybridized carbons (Fsp3) is 0.650. The molecule has 2 atom stereocenters. The summed E-state index contributed by atoms with van der Waals surface area (Å²) < 4.78 is 5.54. The lowest BCUT2D eigenvalue weighted by atomic mass is 10.1. The first kappa shape index (κ1) is 19.5. The molecule has 2 heterocycles. The predicted molar refractivity (Wildman–Crippen MR) is 107 cm³/mol. The van der Waals surface area contributed by atoms with E-state index in [9.17, 15) is 4.79 Å². The Morgan fingerprint density at radius 2 is 2.11 bits per heavy atom. The molecule has 148 valence electrons. The minimum atomic E-state index is -0.460. The molecular weight excluding hydrogens is 342 g/mol. The molecule has 0 aliphatic heterocycles. The van der Waals surface area contributed by atoms with Crippen LogP contribution in [-0.2, 0) is 4.74 Å². The van der Waals surface area contributed by atoms with Gasteiger partial charge in [-0.25, -0.2) is 14.8 Å². The number of amides is 1. The normalized spacial score (nSPS) is 20.0. The van der Waals surface area contributed by atoms with Crippen molar-refractivity contribution in [3.05, 3.63) is 18.6 Å². The van der Waals surface area contributed by atoms with E-state index in [1.807, 2.05) is 44.9 Å². The molecule has 1 saturated carbocycles. The molecule has 2 aromatic rings. The molecule has 0 radical (unpaired) electrons. The summed E-state index contributed by atoms with van der Waals surface area (Å²) in [7, 11) is 2.10. The maximum atomic E-state index is 12.4. The monoisotopic (exact) mass is 373 g/mol. The SMILES string of the molecule is CCN(C[C@H]1CCC(N(C)c2ncnc3[nH]ccc23)C1)C(=O)OC(C)(C)C. The highest BCUT2D eigenvalue weighted by molar-refractivity contribution is 5.87. The number of H-pyrrole nitrogens is 1. The Hall–Kier alpha value is -2.31. The van der Waals surface area contributed by atoms with Crippen LogP contribution < -0.4 is 4.90 Å². The van der Waals surface area contributed by atoms with E-state index >= 15 is 0 Å². The van der Waals surface area contributed by atoms with E-state index in [0.29, 0.717) is 18.5 Å². The van der Waals surface area contributed by atoms with E-state index in [1.54, 1.807) is 6.33 Å². The summed E-state index contributed by atoms with van der Waals surface area (Å²) in [4.78, 5) is 28.4. The summed E-state index contributed by atoms with van der Waals surface area (Å²) in [5, 5.41) is 1.05. The van der Waals surface area contributed by atoms with Gasteiger partial charge in [0, 0.05) is 32.4 Å². The smallest absolute Gasteiger partial charge is 0.410 e. The van der Waals surface area contributed by atoms with Crippen molar-refractivity contribution in [2.24, 2.45) is 5.92 Å². The number of rotatable bonds is 5. The molecule has 7 heteroatoms. The molecule has 0 saturated heterocycles. The molecule has 1 amide bonds. The molecule has 0 bridgehead atoms. The number of hydrogen-bond donors (Lipinski definition) is 1. The van der Waals surface area contributed by atoms with Crippen LogP contribution in [-0.4, -0.2) is 57.7 Å². The van der Waals surface area contributed by atoms with E-state index in [4.69, 9.17) is 4.74 Å². The Kier molecular flexibility index (Phi) is 5.58.